The molecule has 0 radical (unpaired) electrons. The molecule has 12 heteroatoms. The molecule has 11 nitrogen and oxygen atoms in total. The van der Waals surface area contributed by atoms with Gasteiger partial charge in [-0.15, -0.1) is 0 Å². The number of fused-ring (bicyclic) bond motifs is 1. The molecule has 0 saturated carbocycles. The van der Waals surface area contributed by atoms with Crippen molar-refractivity contribution in [2.45, 2.75) is 17.4 Å². The highest BCUT2D eigenvalue weighted by Crippen LogP contribution is 2.31. The molecule has 0 heterocycles. The Balaban J connectivity index is 1.48. The third kappa shape index (κ3) is 6.18. The molecule has 0 aliphatic rings. The highest BCUT2D eigenvalue weighted by atomic mass is 32.2. The number of nitrogens with zero attached hydrogens (tertiary/aromatic N) is 2. The lowest BCUT2D eigenvalue weighted by molar-refractivity contribution is -0.384. The Morgan fingerprint density at radius 2 is 1.57 bits per heavy atom. The number of nitro benzene ring substituents is 1. The van der Waals surface area contributed by atoms with E-state index in [0.717, 1.165) is 23.2 Å². The predicted molar refractivity (Wildman–Crippen MR) is 148 cm³/mol. The molecule has 0 bridgehead atoms. The van der Waals surface area contributed by atoms with Crippen molar-refractivity contribution in [3.63, 3.8) is 0 Å². The molecule has 0 aromatic heterocycles. The Morgan fingerprint density at radius 1 is 0.950 bits per heavy atom. The number of nitro groups is 1. The Kier molecular flexibility index (Phi) is 8.00. The largest absolute Gasteiger partial charge is 0.480 e. The molecule has 0 unspecified atom stereocenters. The fraction of sp³-hybridized carbons (Fsp3) is 0.143. The zero-order chi connectivity index (χ0) is 29.0. The van der Waals surface area contributed by atoms with Crippen molar-refractivity contribution in [3.8, 4) is 5.75 Å². The summed E-state index contributed by atoms with van der Waals surface area (Å²) in [5.74, 6) is -1.96. The summed E-state index contributed by atoms with van der Waals surface area (Å²) in [6.07, 6.45) is -0.0995. The van der Waals surface area contributed by atoms with Crippen LogP contribution in [-0.4, -0.2) is 50.5 Å². The van der Waals surface area contributed by atoms with Crippen LogP contribution in [0.4, 0.5) is 11.4 Å². The van der Waals surface area contributed by atoms with Crippen molar-refractivity contribution in [2.75, 3.05) is 19.0 Å². The van der Waals surface area contributed by atoms with Gasteiger partial charge in [-0.3, -0.25) is 14.9 Å². The third-order valence-electron chi connectivity index (χ3n) is 6.12. The standard InChI is InChI=1S/C28H25N3O8S/c1-30(2)25-7-3-6-23-22(25)5-4-8-26(23)40(37,38)39-21-15-9-18(10-16-21)17-24(28(33)34)29-27(32)19-11-13-20(14-12-19)31(35)36/h3-16,24H,17H2,1-2H3,(H,29,32)(H,33,34)/t24-/m0/s1. The number of hydrogen-bond acceptors (Lipinski definition) is 8. The second-order valence-corrected chi connectivity index (χ2v) is 10.6. The molecular formula is C28H25N3O8S. The van der Waals surface area contributed by atoms with Gasteiger partial charge in [0.2, 0.25) is 0 Å². The minimum atomic E-state index is -4.20. The van der Waals surface area contributed by atoms with Crippen LogP contribution < -0.4 is 14.4 Å². The van der Waals surface area contributed by atoms with E-state index < -0.39 is 33.0 Å². The van der Waals surface area contributed by atoms with Crippen molar-refractivity contribution >= 4 is 44.1 Å². The second-order valence-electron chi connectivity index (χ2n) is 9.08. The zero-order valence-electron chi connectivity index (χ0n) is 21.5. The van der Waals surface area contributed by atoms with Crippen LogP contribution in [0, 0.1) is 10.1 Å². The molecule has 4 aromatic carbocycles. The molecule has 206 valence electrons. The number of carboxylic acids is 1. The molecule has 40 heavy (non-hydrogen) atoms. The van der Waals surface area contributed by atoms with Gasteiger partial charge in [0.15, 0.2) is 0 Å². The fourth-order valence-electron chi connectivity index (χ4n) is 4.14. The first-order chi connectivity index (χ1) is 19.0. The van der Waals surface area contributed by atoms with Crippen LogP contribution in [0.5, 0.6) is 5.75 Å². The summed E-state index contributed by atoms with van der Waals surface area (Å²) in [6.45, 7) is 0. The van der Waals surface area contributed by atoms with E-state index in [1.165, 1.54) is 42.5 Å². The first-order valence-electron chi connectivity index (χ1n) is 12.0. The molecule has 0 saturated heterocycles. The van der Waals surface area contributed by atoms with Gasteiger partial charge in [-0.2, -0.15) is 8.42 Å². The van der Waals surface area contributed by atoms with Gasteiger partial charge in [-0.05, 0) is 42.0 Å². The lowest BCUT2D eigenvalue weighted by atomic mass is 10.1. The zero-order valence-corrected chi connectivity index (χ0v) is 22.3. The molecule has 4 aromatic rings. The normalized spacial score (nSPS) is 11.9. The number of carboxylic acid groups (broad SMARTS) is 1. The summed E-state index contributed by atoms with van der Waals surface area (Å²) in [7, 11) is -0.468. The molecule has 0 aliphatic heterocycles. The summed E-state index contributed by atoms with van der Waals surface area (Å²) in [4.78, 5) is 36.4. The summed E-state index contributed by atoms with van der Waals surface area (Å²) < 4.78 is 31.7. The Labute approximate surface area is 229 Å². The first-order valence-corrected chi connectivity index (χ1v) is 13.4. The van der Waals surface area contributed by atoms with Gasteiger partial charge in [-0.25, -0.2) is 4.79 Å². The number of carbonyl (C=O) groups is 2. The number of hydrogen-bond donors (Lipinski definition) is 2. The quantitative estimate of drug-likeness (QED) is 0.165. The minimum absolute atomic E-state index is 0.0117. The summed E-state index contributed by atoms with van der Waals surface area (Å²) in [5.41, 5.74) is 1.22. The van der Waals surface area contributed by atoms with E-state index in [-0.39, 0.29) is 28.3 Å². The van der Waals surface area contributed by atoms with E-state index in [9.17, 15) is 33.2 Å². The van der Waals surface area contributed by atoms with Crippen LogP contribution >= 0.6 is 0 Å². The third-order valence-corrected chi connectivity index (χ3v) is 7.43. The van der Waals surface area contributed by atoms with Crippen LogP contribution in [0.1, 0.15) is 15.9 Å². The van der Waals surface area contributed by atoms with Gasteiger partial charge in [0.05, 0.1) is 4.92 Å². The van der Waals surface area contributed by atoms with E-state index in [4.69, 9.17) is 4.18 Å². The summed E-state index contributed by atoms with van der Waals surface area (Å²) in [5, 5.41) is 24.1. The van der Waals surface area contributed by atoms with Gasteiger partial charge >= 0.3 is 16.1 Å². The Morgan fingerprint density at radius 3 is 2.17 bits per heavy atom. The maximum absolute atomic E-state index is 13.2. The first kappa shape index (κ1) is 28.0. The van der Waals surface area contributed by atoms with Crippen molar-refractivity contribution in [2.24, 2.45) is 0 Å². The number of amides is 1. The van der Waals surface area contributed by atoms with Crippen LogP contribution in [0.2, 0.25) is 0 Å². The van der Waals surface area contributed by atoms with Crippen molar-refractivity contribution in [1.29, 1.82) is 0 Å². The number of carbonyl (C=O) groups excluding carboxylic acids is 1. The SMILES string of the molecule is CN(C)c1cccc2c(S(=O)(=O)Oc3ccc(C[C@H](NC(=O)c4ccc([N+](=O)[O-])cc4)C(=O)O)cc3)cccc12. The van der Waals surface area contributed by atoms with Crippen LogP contribution in [0.25, 0.3) is 10.8 Å². The van der Waals surface area contributed by atoms with Gasteiger partial charge in [0.1, 0.15) is 16.7 Å². The Bertz CT molecular complexity index is 1690. The monoisotopic (exact) mass is 563 g/mol. The summed E-state index contributed by atoms with van der Waals surface area (Å²) >= 11 is 0. The lowest BCUT2D eigenvalue weighted by Gasteiger charge is -2.17. The number of anilines is 1. The van der Waals surface area contributed by atoms with Crippen LogP contribution in [-0.2, 0) is 21.3 Å². The van der Waals surface area contributed by atoms with Gasteiger partial charge < -0.3 is 19.5 Å². The number of benzene rings is 4. The molecule has 2 N–H and O–H groups in total. The average Bonchev–Trinajstić information content (AvgIpc) is 2.92. The average molecular weight is 564 g/mol. The van der Waals surface area contributed by atoms with E-state index in [0.29, 0.717) is 10.9 Å². The molecule has 0 spiro atoms. The van der Waals surface area contributed by atoms with Crippen molar-refractivity contribution in [1.82, 2.24) is 5.32 Å². The van der Waals surface area contributed by atoms with Crippen molar-refractivity contribution in [3.05, 3.63) is 106 Å². The predicted octanol–water partition coefficient (Wildman–Crippen LogP) is 4.01. The van der Waals surface area contributed by atoms with Gasteiger partial charge in [0, 0.05) is 54.7 Å². The Hall–Kier alpha value is -4.97. The smallest absolute Gasteiger partial charge is 0.339 e. The maximum Gasteiger partial charge on any atom is 0.339 e. The van der Waals surface area contributed by atoms with Gasteiger partial charge in [0.25, 0.3) is 11.6 Å². The molecule has 0 aliphatic carbocycles. The molecule has 0 fully saturated rings. The second kappa shape index (κ2) is 11.4. The van der Waals surface area contributed by atoms with Crippen LogP contribution in [0.15, 0.2) is 89.8 Å². The molecule has 1 amide bonds. The number of nitrogens with one attached hydrogen (secondary N) is 1. The van der Waals surface area contributed by atoms with E-state index >= 15 is 0 Å². The highest BCUT2D eigenvalue weighted by molar-refractivity contribution is 7.87. The van der Waals surface area contributed by atoms with Crippen LogP contribution in [0.3, 0.4) is 0 Å². The topological polar surface area (TPSA) is 156 Å². The van der Waals surface area contributed by atoms with Crippen molar-refractivity contribution < 1.29 is 32.2 Å². The van der Waals surface area contributed by atoms with E-state index in [1.807, 2.05) is 31.1 Å². The molecule has 4 rings (SSSR count). The lowest BCUT2D eigenvalue weighted by Crippen LogP contribution is -2.42. The number of aliphatic carboxylic acids is 1. The maximum atomic E-state index is 13.2. The molecule has 1 atom stereocenters. The van der Waals surface area contributed by atoms with E-state index in [1.54, 1.807) is 18.2 Å². The summed E-state index contributed by atoms with van der Waals surface area (Å²) in [6, 6.07) is 19.6. The molecular weight excluding hydrogens is 538 g/mol. The number of non-ortho nitro benzene ring substituents is 1. The minimum Gasteiger partial charge on any atom is -0.480 e. The fourth-order valence-corrected chi connectivity index (χ4v) is 5.28. The highest BCUT2D eigenvalue weighted by Gasteiger charge is 2.23. The number of rotatable bonds is 10. The van der Waals surface area contributed by atoms with E-state index in [2.05, 4.69) is 5.32 Å². The van der Waals surface area contributed by atoms with Gasteiger partial charge in [-0.1, -0.05) is 36.4 Å².